The molecule has 2 rings (SSSR count). The molecule has 0 bridgehead atoms. The van der Waals surface area contributed by atoms with Crippen LogP contribution in [0.25, 0.3) is 0 Å². The van der Waals surface area contributed by atoms with Crippen LogP contribution < -0.4 is 4.72 Å². The van der Waals surface area contributed by atoms with E-state index in [-0.39, 0.29) is 4.90 Å². The van der Waals surface area contributed by atoms with Gasteiger partial charge in [0.15, 0.2) is 0 Å². The SMILES string of the molecule is O=S(=O)(Nc1ccc(I)cc1)c1ccc(Br)cc1Br. The highest BCUT2D eigenvalue weighted by Crippen LogP contribution is 2.27. The summed E-state index contributed by atoms with van der Waals surface area (Å²) in [5, 5.41) is 0. The Bertz CT molecular complexity index is 702. The van der Waals surface area contributed by atoms with Gasteiger partial charge in [-0.2, -0.15) is 0 Å². The fraction of sp³-hybridized carbons (Fsp3) is 0. The summed E-state index contributed by atoms with van der Waals surface area (Å²) in [5.74, 6) is 0. The number of halogens is 3. The molecule has 0 spiro atoms. The van der Waals surface area contributed by atoms with Gasteiger partial charge in [0.25, 0.3) is 10.0 Å². The average molecular weight is 517 g/mol. The van der Waals surface area contributed by atoms with Crippen molar-refractivity contribution in [1.29, 1.82) is 0 Å². The Labute approximate surface area is 142 Å². The monoisotopic (exact) mass is 515 g/mol. The molecule has 0 aliphatic rings. The molecular formula is C12H8Br2INO2S. The third-order valence-electron chi connectivity index (χ3n) is 2.28. The third kappa shape index (κ3) is 3.93. The molecule has 2 aromatic carbocycles. The molecule has 1 N–H and O–H groups in total. The van der Waals surface area contributed by atoms with Crippen LogP contribution in [-0.2, 0) is 10.0 Å². The number of hydrogen-bond acceptors (Lipinski definition) is 2. The molecule has 19 heavy (non-hydrogen) atoms. The lowest BCUT2D eigenvalue weighted by molar-refractivity contribution is 0.600. The summed E-state index contributed by atoms with van der Waals surface area (Å²) >= 11 is 8.71. The number of hydrogen-bond donors (Lipinski definition) is 1. The molecule has 0 atom stereocenters. The summed E-state index contributed by atoms with van der Waals surface area (Å²) in [6.07, 6.45) is 0. The standard InChI is InChI=1S/C12H8Br2INO2S/c13-8-1-6-12(11(14)7-8)19(17,18)16-10-4-2-9(15)3-5-10/h1-7,16H. The predicted octanol–water partition coefficient (Wildman–Crippen LogP) is 4.62. The van der Waals surface area contributed by atoms with E-state index >= 15 is 0 Å². The molecular weight excluding hydrogens is 509 g/mol. The number of anilines is 1. The van der Waals surface area contributed by atoms with Crippen molar-refractivity contribution in [2.45, 2.75) is 4.90 Å². The molecule has 0 aliphatic heterocycles. The van der Waals surface area contributed by atoms with Crippen LogP contribution in [-0.4, -0.2) is 8.42 Å². The highest BCUT2D eigenvalue weighted by Gasteiger charge is 2.17. The van der Waals surface area contributed by atoms with Crippen LogP contribution in [0.3, 0.4) is 0 Å². The van der Waals surface area contributed by atoms with Gasteiger partial charge in [0.2, 0.25) is 0 Å². The molecule has 2 aromatic rings. The van der Waals surface area contributed by atoms with E-state index in [1.165, 1.54) is 0 Å². The molecule has 0 saturated heterocycles. The van der Waals surface area contributed by atoms with Crippen LogP contribution >= 0.6 is 54.5 Å². The zero-order chi connectivity index (χ0) is 14.0. The molecule has 100 valence electrons. The second-order valence-electron chi connectivity index (χ2n) is 3.69. The normalized spacial score (nSPS) is 11.3. The summed E-state index contributed by atoms with van der Waals surface area (Å²) in [6, 6.07) is 12.1. The second-order valence-corrected chi connectivity index (χ2v) is 8.35. The van der Waals surface area contributed by atoms with E-state index in [1.807, 2.05) is 12.1 Å². The summed E-state index contributed by atoms with van der Waals surface area (Å²) in [6.45, 7) is 0. The first-order chi connectivity index (χ1) is 8.88. The van der Waals surface area contributed by atoms with Gasteiger partial charge in [-0.1, -0.05) is 15.9 Å². The van der Waals surface area contributed by atoms with Gasteiger partial charge < -0.3 is 0 Å². The van der Waals surface area contributed by atoms with Crippen molar-refractivity contribution in [3.05, 3.63) is 55.0 Å². The lowest BCUT2D eigenvalue weighted by Crippen LogP contribution is -2.13. The molecule has 0 fully saturated rings. The zero-order valence-corrected chi connectivity index (χ0v) is 15.5. The topological polar surface area (TPSA) is 46.2 Å². The summed E-state index contributed by atoms with van der Waals surface area (Å²) in [7, 11) is -3.59. The third-order valence-corrected chi connectivity index (χ3v) is 5.85. The number of nitrogens with one attached hydrogen (secondary N) is 1. The van der Waals surface area contributed by atoms with E-state index in [0.29, 0.717) is 10.2 Å². The minimum atomic E-state index is -3.59. The fourth-order valence-corrected chi connectivity index (χ4v) is 4.59. The second kappa shape index (κ2) is 6.11. The smallest absolute Gasteiger partial charge is 0.263 e. The summed E-state index contributed by atoms with van der Waals surface area (Å²) in [5.41, 5.74) is 0.537. The minimum Gasteiger partial charge on any atom is -0.280 e. The highest BCUT2D eigenvalue weighted by molar-refractivity contribution is 14.1. The number of sulfonamides is 1. The van der Waals surface area contributed by atoms with Crippen LogP contribution in [0.15, 0.2) is 56.3 Å². The molecule has 0 unspecified atom stereocenters. The van der Waals surface area contributed by atoms with Crippen molar-refractivity contribution in [1.82, 2.24) is 0 Å². The van der Waals surface area contributed by atoms with Crippen LogP contribution in [0, 0.1) is 3.57 Å². The van der Waals surface area contributed by atoms with E-state index in [4.69, 9.17) is 0 Å². The maximum Gasteiger partial charge on any atom is 0.263 e. The number of benzene rings is 2. The quantitative estimate of drug-likeness (QED) is 0.605. The molecule has 0 heterocycles. The van der Waals surface area contributed by atoms with Gasteiger partial charge in [0.1, 0.15) is 4.90 Å². The largest absolute Gasteiger partial charge is 0.280 e. The predicted molar refractivity (Wildman–Crippen MR) is 91.8 cm³/mol. The van der Waals surface area contributed by atoms with Crippen molar-refractivity contribution in [2.75, 3.05) is 4.72 Å². The first kappa shape index (κ1) is 15.3. The van der Waals surface area contributed by atoms with Crippen LogP contribution in [0.1, 0.15) is 0 Å². The van der Waals surface area contributed by atoms with E-state index in [2.05, 4.69) is 59.2 Å². The average Bonchev–Trinajstić information content (AvgIpc) is 2.31. The Kier molecular flexibility index (Phi) is 4.91. The lowest BCUT2D eigenvalue weighted by Gasteiger charge is -2.10. The van der Waals surface area contributed by atoms with E-state index < -0.39 is 10.0 Å². The Hall–Kier alpha value is -0.120. The van der Waals surface area contributed by atoms with Gasteiger partial charge in [-0.05, 0) is 81.0 Å². The summed E-state index contributed by atoms with van der Waals surface area (Å²) in [4.78, 5) is 0.203. The zero-order valence-electron chi connectivity index (χ0n) is 9.40. The van der Waals surface area contributed by atoms with Crippen molar-refractivity contribution >= 4 is 70.2 Å². The van der Waals surface area contributed by atoms with E-state index in [1.54, 1.807) is 30.3 Å². The van der Waals surface area contributed by atoms with Gasteiger partial charge in [-0.15, -0.1) is 0 Å². The number of rotatable bonds is 3. The Morgan fingerprint density at radius 3 is 2.21 bits per heavy atom. The van der Waals surface area contributed by atoms with Gasteiger partial charge in [-0.25, -0.2) is 8.42 Å². The summed E-state index contributed by atoms with van der Waals surface area (Å²) < 4.78 is 29.4. The van der Waals surface area contributed by atoms with Crippen molar-refractivity contribution in [2.24, 2.45) is 0 Å². The molecule has 0 radical (unpaired) electrons. The molecule has 3 nitrogen and oxygen atoms in total. The first-order valence-corrected chi connectivity index (χ1v) is 9.27. The van der Waals surface area contributed by atoms with E-state index in [0.717, 1.165) is 8.04 Å². The van der Waals surface area contributed by atoms with Crippen LogP contribution in [0.4, 0.5) is 5.69 Å². The molecule has 0 aliphatic carbocycles. The molecule has 7 heteroatoms. The molecule has 0 aromatic heterocycles. The van der Waals surface area contributed by atoms with Crippen molar-refractivity contribution < 1.29 is 8.42 Å². The van der Waals surface area contributed by atoms with Gasteiger partial charge in [0, 0.05) is 18.2 Å². The molecule has 0 saturated carbocycles. The Morgan fingerprint density at radius 1 is 1.00 bits per heavy atom. The Morgan fingerprint density at radius 2 is 1.63 bits per heavy atom. The van der Waals surface area contributed by atoms with Gasteiger partial charge in [0.05, 0.1) is 0 Å². The molecule has 0 amide bonds. The fourth-order valence-electron chi connectivity index (χ4n) is 1.42. The highest BCUT2D eigenvalue weighted by atomic mass is 127. The van der Waals surface area contributed by atoms with Crippen LogP contribution in [0.2, 0.25) is 0 Å². The van der Waals surface area contributed by atoms with Gasteiger partial charge in [-0.3, -0.25) is 4.72 Å². The van der Waals surface area contributed by atoms with E-state index in [9.17, 15) is 8.42 Å². The lowest BCUT2D eigenvalue weighted by atomic mass is 10.3. The van der Waals surface area contributed by atoms with Crippen LogP contribution in [0.5, 0.6) is 0 Å². The van der Waals surface area contributed by atoms with Gasteiger partial charge >= 0.3 is 0 Å². The maximum atomic E-state index is 12.3. The van der Waals surface area contributed by atoms with Crippen molar-refractivity contribution in [3.8, 4) is 0 Å². The minimum absolute atomic E-state index is 0.203. The first-order valence-electron chi connectivity index (χ1n) is 5.12. The Balaban J connectivity index is 2.35. The van der Waals surface area contributed by atoms with Crippen molar-refractivity contribution in [3.63, 3.8) is 0 Å². The maximum absolute atomic E-state index is 12.3.